The van der Waals surface area contributed by atoms with E-state index < -0.39 is 5.92 Å². The number of hydrogen-bond acceptors (Lipinski definition) is 4. The van der Waals surface area contributed by atoms with Crippen molar-refractivity contribution < 1.29 is 14.3 Å². The Morgan fingerprint density at radius 2 is 1.80 bits per heavy atom. The number of ether oxygens (including phenoxy) is 1. The van der Waals surface area contributed by atoms with Gasteiger partial charge < -0.3 is 10.1 Å². The van der Waals surface area contributed by atoms with E-state index >= 15 is 0 Å². The summed E-state index contributed by atoms with van der Waals surface area (Å²) in [5.74, 6) is 0.467. The third kappa shape index (κ3) is 3.61. The van der Waals surface area contributed by atoms with Gasteiger partial charge in [0.25, 0.3) is 0 Å². The Labute approximate surface area is 175 Å². The fourth-order valence-electron chi connectivity index (χ4n) is 4.11. The van der Waals surface area contributed by atoms with Crippen LogP contribution in [0.4, 0.5) is 5.82 Å². The maximum atomic E-state index is 13.3. The Bertz CT molecular complexity index is 1110. The molecule has 3 aromatic rings. The summed E-state index contributed by atoms with van der Waals surface area (Å²) in [6, 6.07) is 13.2. The number of nitrogens with one attached hydrogen (secondary N) is 1. The normalized spacial score (nSPS) is 15.5. The molecular formula is C24H25N3O3. The summed E-state index contributed by atoms with van der Waals surface area (Å²) in [6.45, 7) is 8.41. The zero-order valence-electron chi connectivity index (χ0n) is 17.7. The minimum absolute atomic E-state index is 0.0859. The first-order chi connectivity index (χ1) is 14.4. The molecular weight excluding hydrogens is 378 g/mol. The Morgan fingerprint density at radius 1 is 1.13 bits per heavy atom. The molecule has 0 unspecified atom stereocenters. The van der Waals surface area contributed by atoms with Crippen LogP contribution in [0.2, 0.25) is 0 Å². The molecule has 1 aromatic heterocycles. The van der Waals surface area contributed by atoms with Gasteiger partial charge in [0.15, 0.2) is 5.78 Å². The highest BCUT2D eigenvalue weighted by molar-refractivity contribution is 6.08. The number of fused-ring (bicyclic) bond motifs is 1. The molecule has 0 bridgehead atoms. The van der Waals surface area contributed by atoms with Gasteiger partial charge in [-0.25, -0.2) is 4.68 Å². The third-order valence-corrected chi connectivity index (χ3v) is 5.32. The zero-order chi connectivity index (χ0) is 21.4. The van der Waals surface area contributed by atoms with Crippen LogP contribution < -0.4 is 10.1 Å². The molecule has 30 heavy (non-hydrogen) atoms. The zero-order valence-corrected chi connectivity index (χ0v) is 17.7. The first-order valence-corrected chi connectivity index (χ1v) is 10.1. The molecule has 1 aliphatic rings. The van der Waals surface area contributed by atoms with Gasteiger partial charge in [0, 0.05) is 17.5 Å². The summed E-state index contributed by atoms with van der Waals surface area (Å²) in [5, 5.41) is 7.61. The second-order valence-electron chi connectivity index (χ2n) is 7.73. The summed E-state index contributed by atoms with van der Waals surface area (Å²) < 4.78 is 7.20. The van der Waals surface area contributed by atoms with Crippen molar-refractivity contribution in [3.05, 3.63) is 70.4 Å². The van der Waals surface area contributed by atoms with E-state index in [9.17, 15) is 9.59 Å². The number of aromatic nitrogens is 2. The number of nitrogens with zero attached hydrogens (tertiary/aromatic N) is 2. The second kappa shape index (κ2) is 7.78. The van der Waals surface area contributed by atoms with Gasteiger partial charge in [0.05, 0.1) is 23.9 Å². The highest BCUT2D eigenvalue weighted by atomic mass is 16.5. The van der Waals surface area contributed by atoms with E-state index in [4.69, 9.17) is 4.74 Å². The van der Waals surface area contributed by atoms with Crippen LogP contribution in [0.15, 0.2) is 42.5 Å². The molecule has 0 fully saturated rings. The van der Waals surface area contributed by atoms with E-state index in [0.717, 1.165) is 33.8 Å². The number of rotatable bonds is 5. The Balaban J connectivity index is 1.76. The van der Waals surface area contributed by atoms with Crippen LogP contribution >= 0.6 is 0 Å². The molecule has 1 amide bonds. The van der Waals surface area contributed by atoms with Crippen molar-refractivity contribution in [2.45, 2.75) is 40.0 Å². The van der Waals surface area contributed by atoms with E-state index in [-0.39, 0.29) is 18.1 Å². The van der Waals surface area contributed by atoms with Crippen molar-refractivity contribution in [1.82, 2.24) is 9.78 Å². The standard InChI is InChI=1S/C24H25N3O3/c1-5-30-19-8-6-17(7-9-19)23(29)20-13-21(28)25-24-22(20)16(4)26-27(24)18-11-14(2)10-15(3)12-18/h6-12,20H,5,13H2,1-4H3,(H,25,28)/t20-/m0/s1. The minimum Gasteiger partial charge on any atom is -0.494 e. The highest BCUT2D eigenvalue weighted by Gasteiger charge is 2.36. The highest BCUT2D eigenvalue weighted by Crippen LogP contribution is 2.38. The summed E-state index contributed by atoms with van der Waals surface area (Å²) in [4.78, 5) is 25.8. The Hall–Kier alpha value is -3.41. The van der Waals surface area contributed by atoms with Crippen LogP contribution in [0.5, 0.6) is 5.75 Å². The second-order valence-corrected chi connectivity index (χ2v) is 7.73. The summed E-state index contributed by atoms with van der Waals surface area (Å²) >= 11 is 0. The molecule has 1 N–H and O–H groups in total. The molecule has 1 atom stereocenters. The van der Waals surface area contributed by atoms with Crippen LogP contribution in [0.1, 0.15) is 52.0 Å². The molecule has 0 radical (unpaired) electrons. The number of amides is 1. The van der Waals surface area contributed by atoms with Gasteiger partial charge in [-0.2, -0.15) is 5.10 Å². The molecule has 0 spiro atoms. The van der Waals surface area contributed by atoms with Crippen molar-refractivity contribution in [1.29, 1.82) is 0 Å². The average molecular weight is 403 g/mol. The molecule has 154 valence electrons. The smallest absolute Gasteiger partial charge is 0.226 e. The van der Waals surface area contributed by atoms with Gasteiger partial charge in [-0.15, -0.1) is 0 Å². The minimum atomic E-state index is -0.564. The number of anilines is 1. The lowest BCUT2D eigenvalue weighted by atomic mass is 9.85. The molecule has 0 saturated carbocycles. The number of ketones is 1. The number of carbonyl (C=O) groups excluding carboxylic acids is 2. The van der Waals surface area contributed by atoms with Gasteiger partial charge >= 0.3 is 0 Å². The number of hydrogen-bond donors (Lipinski definition) is 1. The predicted molar refractivity (Wildman–Crippen MR) is 116 cm³/mol. The first kappa shape index (κ1) is 19.9. The SMILES string of the molecule is CCOc1ccc(C(=O)[C@H]2CC(=O)Nc3c2c(C)nn3-c2cc(C)cc(C)c2)cc1. The van der Waals surface area contributed by atoms with Crippen LogP contribution in [0.25, 0.3) is 5.69 Å². The maximum Gasteiger partial charge on any atom is 0.226 e. The summed E-state index contributed by atoms with van der Waals surface area (Å²) in [7, 11) is 0. The molecule has 0 saturated heterocycles. The van der Waals surface area contributed by atoms with E-state index in [2.05, 4.69) is 16.5 Å². The monoisotopic (exact) mass is 403 g/mol. The van der Waals surface area contributed by atoms with Crippen LogP contribution in [-0.2, 0) is 4.79 Å². The van der Waals surface area contributed by atoms with Crippen LogP contribution in [-0.4, -0.2) is 28.1 Å². The Kier molecular flexibility index (Phi) is 5.16. The molecule has 2 aromatic carbocycles. The van der Waals surface area contributed by atoms with E-state index in [1.165, 1.54) is 0 Å². The van der Waals surface area contributed by atoms with Crippen molar-refractivity contribution in [2.24, 2.45) is 0 Å². The van der Waals surface area contributed by atoms with Gasteiger partial charge in [-0.3, -0.25) is 9.59 Å². The quantitative estimate of drug-likeness (QED) is 0.637. The number of benzene rings is 2. The Morgan fingerprint density at radius 3 is 2.43 bits per heavy atom. The van der Waals surface area contributed by atoms with Gasteiger partial charge in [0.2, 0.25) is 5.91 Å². The summed E-state index contributed by atoms with van der Waals surface area (Å²) in [6.07, 6.45) is 0.110. The van der Waals surface area contributed by atoms with E-state index in [1.54, 1.807) is 28.9 Å². The van der Waals surface area contributed by atoms with E-state index in [0.29, 0.717) is 18.0 Å². The molecule has 1 aliphatic heterocycles. The molecule has 4 rings (SSSR count). The number of aryl methyl sites for hydroxylation is 3. The topological polar surface area (TPSA) is 73.2 Å². The van der Waals surface area contributed by atoms with E-state index in [1.807, 2.05) is 39.8 Å². The average Bonchev–Trinajstić information content (AvgIpc) is 3.03. The first-order valence-electron chi connectivity index (χ1n) is 10.1. The van der Waals surface area contributed by atoms with Gasteiger partial charge in [0.1, 0.15) is 11.6 Å². The number of Topliss-reactive ketones (excluding diaryl/α,β-unsaturated/α-hetero) is 1. The maximum absolute atomic E-state index is 13.3. The fraction of sp³-hybridized carbons (Fsp3) is 0.292. The fourth-order valence-corrected chi connectivity index (χ4v) is 4.11. The van der Waals surface area contributed by atoms with Crippen LogP contribution in [0, 0.1) is 20.8 Å². The largest absolute Gasteiger partial charge is 0.494 e. The van der Waals surface area contributed by atoms with Crippen LogP contribution in [0.3, 0.4) is 0 Å². The van der Waals surface area contributed by atoms with Crippen molar-refractivity contribution in [3.63, 3.8) is 0 Å². The predicted octanol–water partition coefficient (Wildman–Crippen LogP) is 4.50. The summed E-state index contributed by atoms with van der Waals surface area (Å²) in [5.41, 5.74) is 5.17. The number of carbonyl (C=O) groups is 2. The van der Waals surface area contributed by atoms with Gasteiger partial charge in [-0.05, 0) is 75.2 Å². The molecule has 6 nitrogen and oxygen atoms in total. The lowest BCUT2D eigenvalue weighted by molar-refractivity contribution is -0.116. The third-order valence-electron chi connectivity index (χ3n) is 5.32. The molecule has 0 aliphatic carbocycles. The van der Waals surface area contributed by atoms with Gasteiger partial charge in [-0.1, -0.05) is 6.07 Å². The van der Waals surface area contributed by atoms with Crippen molar-refractivity contribution in [3.8, 4) is 11.4 Å². The lowest BCUT2D eigenvalue weighted by Crippen LogP contribution is -2.28. The van der Waals surface area contributed by atoms with Crippen molar-refractivity contribution in [2.75, 3.05) is 11.9 Å². The molecule has 6 heteroatoms. The van der Waals surface area contributed by atoms with Crippen molar-refractivity contribution >= 4 is 17.5 Å². The molecule has 2 heterocycles. The lowest BCUT2D eigenvalue weighted by Gasteiger charge is -2.23.